The molecule has 0 N–H and O–H groups in total. The zero-order valence-corrected chi connectivity index (χ0v) is 24.1. The molecular weight excluding hydrogens is 504 g/mol. The summed E-state index contributed by atoms with van der Waals surface area (Å²) >= 11 is 0. The fourth-order valence-corrected chi connectivity index (χ4v) is 2.28. The van der Waals surface area contributed by atoms with E-state index < -0.39 is 0 Å². The Morgan fingerprint density at radius 2 is 0.700 bits per heavy atom. The number of hydrogen-bond acceptors (Lipinski definition) is 12. The van der Waals surface area contributed by atoms with Crippen LogP contribution in [0.1, 0.15) is 66.8 Å². The van der Waals surface area contributed by atoms with Gasteiger partial charge in [-0.15, -0.1) is 0 Å². The molecule has 12 nitrogen and oxygen atoms in total. The van der Waals surface area contributed by atoms with Gasteiger partial charge in [0.1, 0.15) is 0 Å². The van der Waals surface area contributed by atoms with Gasteiger partial charge in [0.15, 0.2) is 0 Å². The predicted molar refractivity (Wildman–Crippen MR) is 169 cm³/mol. The molecule has 2 aromatic rings. The van der Waals surface area contributed by atoms with Gasteiger partial charge in [0, 0.05) is 12.4 Å². The van der Waals surface area contributed by atoms with Crippen molar-refractivity contribution >= 4 is 58.1 Å². The Bertz CT molecular complexity index is 1330. The molecule has 0 aromatic carbocycles. The van der Waals surface area contributed by atoms with Crippen molar-refractivity contribution in [3.8, 4) is 0 Å². The summed E-state index contributed by atoms with van der Waals surface area (Å²) in [6.07, 6.45) is 6.55. The number of nitrogens with zero attached hydrogens (tertiary/aromatic N) is 12. The van der Waals surface area contributed by atoms with Crippen LogP contribution in [0.3, 0.4) is 0 Å². The molecular formula is C28H34N12. The summed E-state index contributed by atoms with van der Waals surface area (Å²) in [7, 11) is 0. The summed E-state index contributed by atoms with van der Waals surface area (Å²) in [5.41, 5.74) is 6.41. The summed E-state index contributed by atoms with van der Waals surface area (Å²) in [4.78, 5) is 8.33. The molecule has 0 fully saturated rings. The first-order valence-electron chi connectivity index (χ1n) is 12.4. The summed E-state index contributed by atoms with van der Waals surface area (Å²) in [5.74, 6) is 0. The first kappa shape index (κ1) is 31.2. The molecule has 0 aliphatic heterocycles. The lowest BCUT2D eigenvalue weighted by Gasteiger charge is -1.99. The number of pyridine rings is 2. The lowest BCUT2D eigenvalue weighted by Crippen LogP contribution is -2.10. The lowest BCUT2D eigenvalue weighted by molar-refractivity contribution is 1.19. The van der Waals surface area contributed by atoms with Crippen molar-refractivity contribution in [2.45, 2.75) is 55.4 Å². The van der Waals surface area contributed by atoms with E-state index in [2.05, 4.69) is 61.0 Å². The van der Waals surface area contributed by atoms with Gasteiger partial charge in [-0.1, -0.05) is 12.1 Å². The van der Waals surface area contributed by atoms with Gasteiger partial charge < -0.3 is 0 Å². The van der Waals surface area contributed by atoms with E-state index in [9.17, 15) is 0 Å². The van der Waals surface area contributed by atoms with Gasteiger partial charge in [-0.25, -0.2) is 0 Å². The van der Waals surface area contributed by atoms with Crippen molar-refractivity contribution in [1.82, 2.24) is 9.97 Å². The SMILES string of the molecule is CC(=N/N=C/c1ccccn1)/C(C)=N/N=C(C)/C(C)=N/N=C(C)/C(C)=N/N=C(C)/C(C)=N\N=C\c1ccccn1. The molecule has 0 aliphatic carbocycles. The van der Waals surface area contributed by atoms with Crippen molar-refractivity contribution in [1.29, 1.82) is 0 Å². The van der Waals surface area contributed by atoms with Crippen molar-refractivity contribution in [3.05, 3.63) is 60.2 Å². The van der Waals surface area contributed by atoms with Crippen molar-refractivity contribution < 1.29 is 0 Å². The summed E-state index contributed by atoms with van der Waals surface area (Å²) in [6, 6.07) is 11.1. The highest BCUT2D eigenvalue weighted by Crippen LogP contribution is 1.96. The lowest BCUT2D eigenvalue weighted by atomic mass is 10.3. The van der Waals surface area contributed by atoms with Crippen LogP contribution < -0.4 is 0 Å². The maximum absolute atomic E-state index is 4.25. The van der Waals surface area contributed by atoms with E-state index in [-0.39, 0.29) is 0 Å². The number of rotatable bonds is 11. The molecule has 2 aromatic heterocycles. The van der Waals surface area contributed by atoms with E-state index in [1.807, 2.05) is 64.1 Å². The largest absolute Gasteiger partial charge is 0.255 e. The first-order valence-corrected chi connectivity index (χ1v) is 12.4. The Balaban J connectivity index is 2.01. The molecule has 0 aliphatic rings. The molecule has 0 unspecified atom stereocenters. The quantitative estimate of drug-likeness (QED) is 0.283. The maximum atomic E-state index is 4.25. The molecule has 2 rings (SSSR count). The molecule has 0 bridgehead atoms. The third kappa shape index (κ3) is 11.6. The molecule has 0 atom stereocenters. The van der Waals surface area contributed by atoms with Gasteiger partial charge in [0.25, 0.3) is 0 Å². The fourth-order valence-electron chi connectivity index (χ4n) is 2.28. The zero-order chi connectivity index (χ0) is 29.3. The second-order valence-electron chi connectivity index (χ2n) is 8.48. The average molecular weight is 539 g/mol. The monoisotopic (exact) mass is 538 g/mol. The summed E-state index contributed by atoms with van der Waals surface area (Å²) in [6.45, 7) is 14.5. The van der Waals surface area contributed by atoms with Crippen LogP contribution in [0.4, 0.5) is 0 Å². The second-order valence-corrected chi connectivity index (χ2v) is 8.48. The molecule has 0 radical (unpaired) electrons. The average Bonchev–Trinajstić information content (AvgIpc) is 2.97. The van der Waals surface area contributed by atoms with Crippen molar-refractivity contribution in [2.75, 3.05) is 0 Å². The Morgan fingerprint density at radius 1 is 0.425 bits per heavy atom. The second kappa shape index (κ2) is 16.8. The van der Waals surface area contributed by atoms with Crippen LogP contribution in [-0.2, 0) is 0 Å². The number of aromatic nitrogens is 2. The van der Waals surface area contributed by atoms with Crippen LogP contribution in [0.25, 0.3) is 0 Å². The van der Waals surface area contributed by atoms with Crippen LogP contribution in [-0.4, -0.2) is 68.1 Å². The van der Waals surface area contributed by atoms with Crippen LogP contribution in [0.15, 0.2) is 99.8 Å². The Morgan fingerprint density at radius 3 is 0.950 bits per heavy atom. The van der Waals surface area contributed by atoms with Crippen LogP contribution in [0, 0.1) is 0 Å². The Labute approximate surface area is 234 Å². The smallest absolute Gasteiger partial charge is 0.0831 e. The Hall–Kier alpha value is -5.00. The molecule has 0 saturated heterocycles. The molecule has 40 heavy (non-hydrogen) atoms. The highest BCUT2D eigenvalue weighted by Gasteiger charge is 2.02. The highest BCUT2D eigenvalue weighted by atomic mass is 15.3. The fraction of sp³-hybridized carbons (Fsp3) is 0.286. The summed E-state index contributed by atoms with van der Waals surface area (Å²) in [5, 5.41) is 41.8. The van der Waals surface area contributed by atoms with Gasteiger partial charge in [-0.05, 0) is 79.7 Å². The van der Waals surface area contributed by atoms with Gasteiger partial charge in [-0.2, -0.15) is 51.0 Å². The highest BCUT2D eigenvalue weighted by molar-refractivity contribution is 6.44. The van der Waals surface area contributed by atoms with E-state index >= 15 is 0 Å². The van der Waals surface area contributed by atoms with Crippen molar-refractivity contribution in [2.24, 2.45) is 51.0 Å². The third-order valence-corrected chi connectivity index (χ3v) is 5.32. The van der Waals surface area contributed by atoms with E-state index in [0.717, 1.165) is 11.4 Å². The molecule has 0 saturated carbocycles. The van der Waals surface area contributed by atoms with Gasteiger partial charge in [-0.3, -0.25) is 9.97 Å². The van der Waals surface area contributed by atoms with E-state index in [4.69, 9.17) is 0 Å². The van der Waals surface area contributed by atoms with Crippen LogP contribution in [0.2, 0.25) is 0 Å². The summed E-state index contributed by atoms with van der Waals surface area (Å²) < 4.78 is 0. The topological polar surface area (TPSA) is 149 Å². The van der Waals surface area contributed by atoms with Crippen LogP contribution in [0.5, 0.6) is 0 Å². The van der Waals surface area contributed by atoms with Crippen molar-refractivity contribution in [3.63, 3.8) is 0 Å². The van der Waals surface area contributed by atoms with Gasteiger partial charge in [0.05, 0.1) is 69.5 Å². The minimum absolute atomic E-state index is 0.611. The van der Waals surface area contributed by atoms with E-state index in [1.54, 1.807) is 52.5 Å². The minimum atomic E-state index is 0.611. The molecule has 2 heterocycles. The Kier molecular flexibility index (Phi) is 13.1. The van der Waals surface area contributed by atoms with Gasteiger partial charge in [0.2, 0.25) is 0 Å². The predicted octanol–water partition coefficient (Wildman–Crippen LogP) is 5.28. The van der Waals surface area contributed by atoms with E-state index in [0.29, 0.717) is 45.7 Å². The van der Waals surface area contributed by atoms with E-state index in [1.165, 1.54) is 0 Å². The molecule has 0 spiro atoms. The zero-order valence-electron chi connectivity index (χ0n) is 24.1. The number of hydrogen-bond donors (Lipinski definition) is 0. The standard InChI is InChI=1S/C28H34N12/c1-19(33-31-17-27-13-9-11-15-29-27)21(3)35-37-23(5)25(7)39-40-26(8)24(6)38-36-22(4)20(2)34-32-18-28-14-10-12-16-30-28/h9-18H,1-8H3/b31-17+,32-18+,33-19-,34-20-,35-21+,36-22+,37-23+,38-24+,39-25+,40-26+. The molecule has 12 heteroatoms. The third-order valence-electron chi connectivity index (χ3n) is 5.32. The minimum Gasteiger partial charge on any atom is -0.255 e. The van der Waals surface area contributed by atoms with Crippen LogP contribution >= 0.6 is 0 Å². The first-order chi connectivity index (χ1) is 19.2. The maximum Gasteiger partial charge on any atom is 0.0831 e. The molecule has 206 valence electrons. The molecule has 0 amide bonds. The van der Waals surface area contributed by atoms with Gasteiger partial charge >= 0.3 is 0 Å². The normalized spacial score (nSPS) is 15.5.